The number of halogens is 4. The maximum Gasteiger partial charge on any atom is 0.511 e. The highest BCUT2D eigenvalue weighted by molar-refractivity contribution is 7.89. The third kappa shape index (κ3) is 4.54. The Morgan fingerprint density at radius 3 is 2.19 bits per heavy atom. The van der Waals surface area contributed by atoms with Crippen LogP contribution >= 0.6 is 11.6 Å². The highest BCUT2D eigenvalue weighted by Gasteiger charge is 2.51. The van der Waals surface area contributed by atoms with Crippen LogP contribution in [-0.4, -0.2) is 55.3 Å². The van der Waals surface area contributed by atoms with E-state index in [-0.39, 0.29) is 5.92 Å². The molecule has 0 spiro atoms. The molecular formula is C15H21BClF3N2O3S. The molecule has 0 saturated carbocycles. The van der Waals surface area contributed by atoms with Crippen LogP contribution in [0.15, 0.2) is 24.3 Å². The molecule has 0 amide bonds. The first-order chi connectivity index (χ1) is 11.9. The monoisotopic (exact) mass is 412 g/mol. The van der Waals surface area contributed by atoms with Gasteiger partial charge in [-0.15, -0.1) is 0 Å². The van der Waals surface area contributed by atoms with Crippen LogP contribution in [0.3, 0.4) is 0 Å². The molecule has 1 aliphatic rings. The summed E-state index contributed by atoms with van der Waals surface area (Å²) in [7, 11) is -5.17. The number of hydrogen-bond acceptors (Lipinski definition) is 4. The lowest BCUT2D eigenvalue weighted by Crippen LogP contribution is -2.47. The Kier molecular flexibility index (Phi) is 6.66. The molecule has 1 aromatic rings. The van der Waals surface area contributed by atoms with Crippen molar-refractivity contribution in [2.75, 3.05) is 20.1 Å². The maximum atomic E-state index is 13.1. The molecule has 0 radical (unpaired) electrons. The third-order valence-electron chi connectivity index (χ3n) is 4.82. The fourth-order valence-electron chi connectivity index (χ4n) is 3.36. The van der Waals surface area contributed by atoms with Gasteiger partial charge >= 0.3 is 22.6 Å². The number of sulfonamides is 1. The van der Waals surface area contributed by atoms with Gasteiger partial charge in [-0.3, -0.25) is 0 Å². The molecule has 1 heterocycles. The summed E-state index contributed by atoms with van der Waals surface area (Å²) in [6, 6.07) is 5.20. The molecule has 1 unspecified atom stereocenters. The first kappa shape index (κ1) is 21.5. The van der Waals surface area contributed by atoms with Crippen molar-refractivity contribution in [1.82, 2.24) is 9.12 Å². The minimum absolute atomic E-state index is 0.312. The van der Waals surface area contributed by atoms with Crippen molar-refractivity contribution in [3.05, 3.63) is 34.9 Å². The minimum atomic E-state index is -5.48. The van der Waals surface area contributed by atoms with Crippen molar-refractivity contribution in [1.29, 1.82) is 0 Å². The molecule has 0 aromatic heterocycles. The molecule has 1 aliphatic heterocycles. The van der Waals surface area contributed by atoms with E-state index in [1.165, 1.54) is 12.1 Å². The lowest BCUT2D eigenvalue weighted by molar-refractivity contribution is -0.0502. The van der Waals surface area contributed by atoms with Crippen LogP contribution in [0, 0.1) is 5.92 Å². The summed E-state index contributed by atoms with van der Waals surface area (Å²) >= 11 is 5.85. The number of piperidine rings is 1. The summed E-state index contributed by atoms with van der Waals surface area (Å²) in [6.45, 7) is 2.58. The Bertz CT molecular complexity index is 708. The van der Waals surface area contributed by atoms with Crippen molar-refractivity contribution >= 4 is 28.7 Å². The van der Waals surface area contributed by atoms with Crippen LogP contribution in [0.2, 0.25) is 11.8 Å². The van der Waals surface area contributed by atoms with Gasteiger partial charge in [-0.2, -0.15) is 17.5 Å². The van der Waals surface area contributed by atoms with E-state index in [2.05, 4.69) is 0 Å². The SMILES string of the molecule is CB(O)N1CCC(C(c2ccc(Cl)cc2)N(C)S(=O)(=O)C(F)(F)F)CC1. The Balaban J connectivity index is 2.36. The van der Waals surface area contributed by atoms with E-state index < -0.39 is 28.6 Å². The second kappa shape index (κ2) is 8.06. The number of benzene rings is 1. The number of rotatable bonds is 5. The van der Waals surface area contributed by atoms with Gasteiger partial charge < -0.3 is 9.83 Å². The first-order valence-corrected chi connectivity index (χ1v) is 9.99. The predicted molar refractivity (Wildman–Crippen MR) is 95.1 cm³/mol. The van der Waals surface area contributed by atoms with Crippen molar-refractivity contribution in [2.24, 2.45) is 5.92 Å². The zero-order chi connectivity index (χ0) is 19.7. The molecule has 1 aromatic carbocycles. The van der Waals surface area contributed by atoms with Gasteiger partial charge in [0.1, 0.15) is 0 Å². The number of nitrogens with zero attached hydrogens (tertiary/aromatic N) is 2. The Hall–Kier alpha value is -0.805. The van der Waals surface area contributed by atoms with Crippen LogP contribution < -0.4 is 0 Å². The van der Waals surface area contributed by atoms with Crippen LogP contribution in [0.1, 0.15) is 24.4 Å². The summed E-state index contributed by atoms with van der Waals surface area (Å²) in [5.74, 6) is -0.312. The molecule has 0 aliphatic carbocycles. The van der Waals surface area contributed by atoms with Gasteiger partial charge in [0, 0.05) is 12.1 Å². The second-order valence-corrected chi connectivity index (χ2v) is 8.89. The van der Waals surface area contributed by atoms with E-state index in [1.54, 1.807) is 23.8 Å². The van der Waals surface area contributed by atoms with Gasteiger partial charge in [-0.1, -0.05) is 23.7 Å². The first-order valence-electron chi connectivity index (χ1n) is 8.17. The highest BCUT2D eigenvalue weighted by atomic mass is 35.5. The van der Waals surface area contributed by atoms with Crippen molar-refractivity contribution in [3.8, 4) is 0 Å². The van der Waals surface area contributed by atoms with E-state index in [1.807, 2.05) is 0 Å². The van der Waals surface area contributed by atoms with Crippen molar-refractivity contribution < 1.29 is 26.6 Å². The fraction of sp³-hybridized carbons (Fsp3) is 0.600. The molecule has 11 heteroatoms. The van der Waals surface area contributed by atoms with Crippen LogP contribution in [0.4, 0.5) is 13.2 Å². The normalized spacial score (nSPS) is 18.9. The predicted octanol–water partition coefficient (Wildman–Crippen LogP) is 2.98. The van der Waals surface area contributed by atoms with Crippen LogP contribution in [0.5, 0.6) is 0 Å². The average molecular weight is 413 g/mol. The van der Waals surface area contributed by atoms with E-state index in [9.17, 15) is 26.6 Å². The van der Waals surface area contributed by atoms with E-state index >= 15 is 0 Å². The summed E-state index contributed by atoms with van der Waals surface area (Å²) in [6.07, 6.45) is 0.936. The van der Waals surface area contributed by atoms with Crippen molar-refractivity contribution in [2.45, 2.75) is 31.2 Å². The fourth-order valence-corrected chi connectivity index (χ4v) is 4.41. The van der Waals surface area contributed by atoms with Crippen LogP contribution in [0.25, 0.3) is 0 Å². The zero-order valence-corrected chi connectivity index (χ0v) is 16.0. The molecule has 1 N–H and O–H groups in total. The molecule has 2 rings (SSSR count). The molecule has 0 bridgehead atoms. The minimum Gasteiger partial charge on any atom is -0.437 e. The van der Waals surface area contributed by atoms with Gasteiger partial charge in [0.05, 0.1) is 6.04 Å². The van der Waals surface area contributed by atoms with Gasteiger partial charge in [-0.25, -0.2) is 8.42 Å². The molecule has 5 nitrogen and oxygen atoms in total. The Morgan fingerprint density at radius 1 is 1.27 bits per heavy atom. The lowest BCUT2D eigenvalue weighted by atomic mass is 9.78. The highest BCUT2D eigenvalue weighted by Crippen LogP contribution is 2.40. The lowest BCUT2D eigenvalue weighted by Gasteiger charge is -2.40. The molecular weight excluding hydrogens is 392 g/mol. The summed E-state index contributed by atoms with van der Waals surface area (Å²) in [4.78, 5) is 1.80. The van der Waals surface area contributed by atoms with Gasteiger partial charge in [0.15, 0.2) is 0 Å². The van der Waals surface area contributed by atoms with Crippen LogP contribution in [-0.2, 0) is 10.0 Å². The van der Waals surface area contributed by atoms with Gasteiger partial charge in [-0.05, 0) is 56.4 Å². The quantitative estimate of drug-likeness (QED) is 0.755. The number of hydrogen-bond donors (Lipinski definition) is 1. The molecule has 1 saturated heterocycles. The molecule has 1 atom stereocenters. The van der Waals surface area contributed by atoms with Gasteiger partial charge in [0.2, 0.25) is 0 Å². The van der Waals surface area contributed by atoms with E-state index in [0.717, 1.165) is 7.05 Å². The largest absolute Gasteiger partial charge is 0.511 e. The Morgan fingerprint density at radius 2 is 1.77 bits per heavy atom. The summed E-state index contributed by atoms with van der Waals surface area (Å²) < 4.78 is 63.6. The van der Waals surface area contributed by atoms with E-state index in [0.29, 0.717) is 40.8 Å². The Labute approximate surface area is 156 Å². The molecule has 1 fully saturated rings. The number of alkyl halides is 3. The van der Waals surface area contributed by atoms with E-state index in [4.69, 9.17) is 11.6 Å². The summed E-state index contributed by atoms with van der Waals surface area (Å²) in [5.41, 5.74) is -4.91. The van der Waals surface area contributed by atoms with Gasteiger partial charge in [0.25, 0.3) is 0 Å². The molecule has 146 valence electrons. The smallest absolute Gasteiger partial charge is 0.437 e. The topological polar surface area (TPSA) is 60.9 Å². The van der Waals surface area contributed by atoms with Crippen molar-refractivity contribution in [3.63, 3.8) is 0 Å². The zero-order valence-electron chi connectivity index (χ0n) is 14.4. The maximum absolute atomic E-state index is 13.1. The average Bonchev–Trinajstić information content (AvgIpc) is 2.56. The molecule has 26 heavy (non-hydrogen) atoms. The second-order valence-electron chi connectivity index (χ2n) is 6.47. The third-order valence-corrected chi connectivity index (χ3v) is 6.65. The standard InChI is InChI=1S/C15H21BClF3N2O3S/c1-16(23)22-9-7-12(8-10-22)14(11-3-5-13(17)6-4-11)21(2)26(24,25)15(18,19)20/h3-6,12,14,23H,7-10H2,1-2H3. The summed E-state index contributed by atoms with van der Waals surface area (Å²) in [5, 5.41) is 10.1.